The first kappa shape index (κ1) is 9.64. The van der Waals surface area contributed by atoms with Gasteiger partial charge >= 0.3 is 5.97 Å². The van der Waals surface area contributed by atoms with Crippen LogP contribution >= 0.6 is 0 Å². The average Bonchev–Trinajstić information content (AvgIpc) is 2.30. The summed E-state index contributed by atoms with van der Waals surface area (Å²) in [5, 5.41) is 16.6. The third-order valence-corrected chi connectivity index (χ3v) is 2.29. The number of aromatic carboxylic acids is 1. The predicted molar refractivity (Wildman–Crippen MR) is 55.0 cm³/mol. The molecule has 15 heavy (non-hydrogen) atoms. The molecule has 0 fully saturated rings. The van der Waals surface area contributed by atoms with Gasteiger partial charge in [-0.3, -0.25) is 0 Å². The fourth-order valence-corrected chi connectivity index (χ4v) is 1.56. The summed E-state index contributed by atoms with van der Waals surface area (Å²) < 4.78 is 0. The second-order valence-electron chi connectivity index (χ2n) is 3.28. The highest BCUT2D eigenvalue weighted by Gasteiger charge is 2.17. The lowest BCUT2D eigenvalue weighted by Crippen LogP contribution is -2.29. The first-order chi connectivity index (χ1) is 7.29. The minimum absolute atomic E-state index is 0.209. The van der Waals surface area contributed by atoms with Gasteiger partial charge in [0.25, 0.3) is 0 Å². The standard InChI is InChI=1S/C10H11N3O2/c14-10(15)8-4-5-11-12-9(8)13-6-2-1-3-7-13/h1-2,4-5H,3,6-7H2,(H,14,15). The molecule has 1 aliphatic heterocycles. The predicted octanol–water partition coefficient (Wildman–Crippen LogP) is 0.941. The van der Waals surface area contributed by atoms with E-state index in [4.69, 9.17) is 5.11 Å². The second-order valence-corrected chi connectivity index (χ2v) is 3.28. The Balaban J connectivity index is 2.34. The zero-order valence-corrected chi connectivity index (χ0v) is 8.13. The maximum Gasteiger partial charge on any atom is 0.339 e. The number of aromatic nitrogens is 2. The lowest BCUT2D eigenvalue weighted by Gasteiger charge is -2.24. The van der Waals surface area contributed by atoms with Crippen LogP contribution in [0.5, 0.6) is 0 Å². The van der Waals surface area contributed by atoms with Crippen LogP contribution in [0.25, 0.3) is 0 Å². The molecule has 5 heteroatoms. The van der Waals surface area contributed by atoms with Crippen LogP contribution in [0, 0.1) is 0 Å². The molecule has 1 aliphatic rings. The van der Waals surface area contributed by atoms with Gasteiger partial charge in [0.05, 0.1) is 6.20 Å². The number of carboxylic acid groups (broad SMARTS) is 1. The first-order valence-electron chi connectivity index (χ1n) is 4.74. The Morgan fingerprint density at radius 2 is 2.33 bits per heavy atom. The Morgan fingerprint density at radius 3 is 3.00 bits per heavy atom. The van der Waals surface area contributed by atoms with Gasteiger partial charge in [-0.15, -0.1) is 5.10 Å². The molecule has 0 aromatic carbocycles. The zero-order valence-electron chi connectivity index (χ0n) is 8.13. The normalized spacial score (nSPS) is 15.3. The molecule has 0 spiro atoms. The molecular formula is C10H11N3O2. The molecule has 1 aromatic heterocycles. The van der Waals surface area contributed by atoms with E-state index in [1.807, 2.05) is 11.0 Å². The van der Waals surface area contributed by atoms with Gasteiger partial charge in [0, 0.05) is 13.1 Å². The van der Waals surface area contributed by atoms with Crippen LogP contribution in [0.3, 0.4) is 0 Å². The molecule has 2 heterocycles. The van der Waals surface area contributed by atoms with E-state index in [2.05, 4.69) is 16.3 Å². The molecular weight excluding hydrogens is 194 g/mol. The summed E-state index contributed by atoms with van der Waals surface area (Å²) >= 11 is 0. The highest BCUT2D eigenvalue weighted by molar-refractivity contribution is 5.93. The topological polar surface area (TPSA) is 66.3 Å². The molecule has 0 radical (unpaired) electrons. The summed E-state index contributed by atoms with van der Waals surface area (Å²) in [6.45, 7) is 1.48. The van der Waals surface area contributed by atoms with Gasteiger partial charge in [0.1, 0.15) is 5.56 Å². The lowest BCUT2D eigenvalue weighted by atomic mass is 10.2. The Bertz CT molecular complexity index is 403. The van der Waals surface area contributed by atoms with Gasteiger partial charge in [-0.2, -0.15) is 5.10 Å². The molecule has 0 amide bonds. The van der Waals surface area contributed by atoms with Crippen LogP contribution in [0.15, 0.2) is 24.4 Å². The Morgan fingerprint density at radius 1 is 1.47 bits per heavy atom. The summed E-state index contributed by atoms with van der Waals surface area (Å²) in [6.07, 6.45) is 6.39. The molecule has 2 rings (SSSR count). The smallest absolute Gasteiger partial charge is 0.339 e. The van der Waals surface area contributed by atoms with Crippen molar-refractivity contribution in [2.75, 3.05) is 18.0 Å². The number of hydrogen-bond acceptors (Lipinski definition) is 4. The molecule has 0 atom stereocenters. The fourth-order valence-electron chi connectivity index (χ4n) is 1.56. The molecule has 1 N–H and O–H groups in total. The van der Waals surface area contributed by atoms with Gasteiger partial charge in [-0.05, 0) is 12.5 Å². The Labute approximate surface area is 87.0 Å². The van der Waals surface area contributed by atoms with E-state index in [9.17, 15) is 4.79 Å². The molecule has 0 saturated heterocycles. The van der Waals surface area contributed by atoms with Crippen molar-refractivity contribution < 1.29 is 9.90 Å². The number of carbonyl (C=O) groups is 1. The lowest BCUT2D eigenvalue weighted by molar-refractivity contribution is 0.0697. The summed E-state index contributed by atoms with van der Waals surface area (Å²) in [6, 6.07) is 1.48. The largest absolute Gasteiger partial charge is 0.478 e. The minimum atomic E-state index is -0.963. The molecule has 78 valence electrons. The molecule has 5 nitrogen and oxygen atoms in total. The molecule has 0 saturated carbocycles. The quantitative estimate of drug-likeness (QED) is 0.728. The van der Waals surface area contributed by atoms with Gasteiger partial charge in [0.15, 0.2) is 5.82 Å². The molecule has 0 unspecified atom stereocenters. The third-order valence-electron chi connectivity index (χ3n) is 2.29. The van der Waals surface area contributed by atoms with Crippen LogP contribution in [0.2, 0.25) is 0 Å². The maximum atomic E-state index is 11.0. The van der Waals surface area contributed by atoms with Gasteiger partial charge in [-0.1, -0.05) is 12.2 Å². The van der Waals surface area contributed by atoms with E-state index in [-0.39, 0.29) is 5.56 Å². The van der Waals surface area contributed by atoms with Crippen molar-refractivity contribution in [3.8, 4) is 0 Å². The number of nitrogens with zero attached hydrogens (tertiary/aromatic N) is 3. The van der Waals surface area contributed by atoms with Gasteiger partial charge in [-0.25, -0.2) is 4.79 Å². The van der Waals surface area contributed by atoms with Crippen molar-refractivity contribution >= 4 is 11.8 Å². The minimum Gasteiger partial charge on any atom is -0.478 e. The van der Waals surface area contributed by atoms with Gasteiger partial charge < -0.3 is 10.0 Å². The van der Waals surface area contributed by atoms with Crippen LogP contribution in [-0.4, -0.2) is 34.4 Å². The van der Waals surface area contributed by atoms with Crippen molar-refractivity contribution in [1.82, 2.24) is 10.2 Å². The van der Waals surface area contributed by atoms with Crippen LogP contribution in [0.1, 0.15) is 16.8 Å². The van der Waals surface area contributed by atoms with Crippen molar-refractivity contribution in [1.29, 1.82) is 0 Å². The van der Waals surface area contributed by atoms with Crippen molar-refractivity contribution in [3.05, 3.63) is 30.0 Å². The molecule has 0 aliphatic carbocycles. The van der Waals surface area contributed by atoms with Crippen molar-refractivity contribution in [2.45, 2.75) is 6.42 Å². The number of anilines is 1. The number of hydrogen-bond donors (Lipinski definition) is 1. The third kappa shape index (κ3) is 1.96. The van der Waals surface area contributed by atoms with E-state index in [0.29, 0.717) is 12.4 Å². The second kappa shape index (κ2) is 4.08. The summed E-state index contributed by atoms with van der Waals surface area (Å²) in [4.78, 5) is 12.9. The molecule has 0 bridgehead atoms. The number of carboxylic acids is 1. The van der Waals surface area contributed by atoms with E-state index >= 15 is 0 Å². The molecule has 1 aromatic rings. The van der Waals surface area contributed by atoms with E-state index < -0.39 is 5.97 Å². The van der Waals surface area contributed by atoms with Crippen LogP contribution in [-0.2, 0) is 0 Å². The zero-order chi connectivity index (χ0) is 10.7. The average molecular weight is 205 g/mol. The SMILES string of the molecule is O=C(O)c1ccnnc1N1CC=CCC1. The maximum absolute atomic E-state index is 11.0. The summed E-state index contributed by atoms with van der Waals surface area (Å²) in [5.41, 5.74) is 0.209. The van der Waals surface area contributed by atoms with E-state index in [1.165, 1.54) is 12.3 Å². The fraction of sp³-hybridized carbons (Fsp3) is 0.300. The van der Waals surface area contributed by atoms with Crippen molar-refractivity contribution in [3.63, 3.8) is 0 Å². The Hall–Kier alpha value is -1.91. The van der Waals surface area contributed by atoms with Crippen LogP contribution in [0.4, 0.5) is 5.82 Å². The highest BCUT2D eigenvalue weighted by Crippen LogP contribution is 2.18. The van der Waals surface area contributed by atoms with Gasteiger partial charge in [0.2, 0.25) is 0 Å². The Kier molecular flexibility index (Phi) is 2.62. The summed E-state index contributed by atoms with van der Waals surface area (Å²) in [7, 11) is 0. The monoisotopic (exact) mass is 205 g/mol. The van der Waals surface area contributed by atoms with E-state index in [0.717, 1.165) is 13.0 Å². The van der Waals surface area contributed by atoms with Crippen molar-refractivity contribution in [2.24, 2.45) is 0 Å². The summed E-state index contributed by atoms with van der Waals surface area (Å²) in [5.74, 6) is -0.510. The van der Waals surface area contributed by atoms with Crippen LogP contribution < -0.4 is 4.90 Å². The first-order valence-corrected chi connectivity index (χ1v) is 4.74. The highest BCUT2D eigenvalue weighted by atomic mass is 16.4. The van der Waals surface area contributed by atoms with E-state index in [1.54, 1.807) is 0 Å². The number of rotatable bonds is 2.